The number of allylic oxidation sites excluding steroid dienone is 1. The van der Waals surface area contributed by atoms with E-state index in [1.807, 2.05) is 12.2 Å². The van der Waals surface area contributed by atoms with Gasteiger partial charge in [0.05, 0.1) is 0 Å². The Morgan fingerprint density at radius 1 is 1.19 bits per heavy atom. The van der Waals surface area contributed by atoms with Crippen molar-refractivity contribution in [2.24, 2.45) is 28.6 Å². The summed E-state index contributed by atoms with van der Waals surface area (Å²) in [5.74, 6) is 1.22. The maximum absolute atomic E-state index is 12.6. The normalized spacial score (nSPS) is 41.2. The Hall–Kier alpha value is -1.93. The third kappa shape index (κ3) is 3.30. The zero-order chi connectivity index (χ0) is 22.4. The summed E-state index contributed by atoms with van der Waals surface area (Å²) in [5, 5.41) is 0. The highest BCUT2D eigenvalue weighted by Gasteiger charge is 2.67. The summed E-state index contributed by atoms with van der Waals surface area (Å²) in [6.45, 7) is 9.92. The van der Waals surface area contributed by atoms with E-state index in [-0.39, 0.29) is 23.0 Å². The van der Waals surface area contributed by atoms with Crippen molar-refractivity contribution < 1.29 is 19.1 Å². The van der Waals surface area contributed by atoms with E-state index in [0.29, 0.717) is 30.0 Å². The Balaban J connectivity index is 1.70. The fourth-order valence-electron chi connectivity index (χ4n) is 8.21. The van der Waals surface area contributed by atoms with Crippen molar-refractivity contribution in [2.45, 2.75) is 90.6 Å². The Kier molecular flexibility index (Phi) is 5.67. The summed E-state index contributed by atoms with van der Waals surface area (Å²) >= 11 is 0. The van der Waals surface area contributed by atoms with E-state index >= 15 is 0 Å². The van der Waals surface area contributed by atoms with E-state index in [1.54, 1.807) is 0 Å². The predicted molar refractivity (Wildman–Crippen MR) is 119 cm³/mol. The number of esters is 1. The Labute approximate surface area is 186 Å². The van der Waals surface area contributed by atoms with E-state index < -0.39 is 11.6 Å². The minimum Gasteiger partial charge on any atom is -0.453 e. The number of Topliss-reactive ketones (excluding diaryl/α,β-unsaturated/α-hetero) is 1. The van der Waals surface area contributed by atoms with Gasteiger partial charge in [-0.05, 0) is 87.5 Å². The molecule has 168 valence electrons. The van der Waals surface area contributed by atoms with Gasteiger partial charge in [0.2, 0.25) is 0 Å². The molecular weight excluding hydrogens is 388 g/mol. The van der Waals surface area contributed by atoms with Crippen molar-refractivity contribution in [3.63, 3.8) is 0 Å². The molecule has 4 aliphatic rings. The van der Waals surface area contributed by atoms with Crippen LogP contribution in [0.4, 0.5) is 0 Å². The van der Waals surface area contributed by atoms with Gasteiger partial charge in [0.1, 0.15) is 17.8 Å². The van der Waals surface area contributed by atoms with Crippen LogP contribution in [0.3, 0.4) is 0 Å². The van der Waals surface area contributed by atoms with Gasteiger partial charge in [-0.25, -0.2) is 0 Å². The molecule has 0 saturated heterocycles. The molecule has 4 aliphatic carbocycles. The van der Waals surface area contributed by atoms with Crippen molar-refractivity contribution in [3.8, 4) is 0 Å². The van der Waals surface area contributed by atoms with E-state index in [2.05, 4.69) is 26.2 Å². The molecule has 4 rings (SSSR count). The second-order valence-electron chi connectivity index (χ2n) is 10.7. The van der Waals surface area contributed by atoms with Gasteiger partial charge in [-0.2, -0.15) is 0 Å². The van der Waals surface area contributed by atoms with Crippen LogP contribution in [0, 0.1) is 28.6 Å². The van der Waals surface area contributed by atoms with Crippen LogP contribution in [0.25, 0.3) is 0 Å². The fraction of sp³-hybridized carbons (Fsp3) is 0.704. The van der Waals surface area contributed by atoms with E-state index in [9.17, 15) is 14.4 Å². The molecule has 0 aromatic carbocycles. The number of rotatable bonds is 5. The lowest BCUT2D eigenvalue weighted by Crippen LogP contribution is -2.58. The highest BCUT2D eigenvalue weighted by atomic mass is 16.6. The second-order valence-corrected chi connectivity index (χ2v) is 10.7. The zero-order valence-corrected chi connectivity index (χ0v) is 19.3. The van der Waals surface area contributed by atoms with Crippen LogP contribution in [0.1, 0.15) is 85.0 Å². The standard InChI is InChI=1S/C27H36O4/c1-5-12-27(31-24(30)16-18(3)28)13-11-23-22-9-7-19-17-20(29)8-10-21(19)25(22,4)14-15-26(23,27)6-2/h12,17,21-23H,1,6-11,13-16H2,2-4H3/t21-,22-,23-,25+,26?,27-/m0/s1. The van der Waals surface area contributed by atoms with Crippen LogP contribution >= 0.6 is 0 Å². The lowest BCUT2D eigenvalue weighted by atomic mass is 9.43. The second kappa shape index (κ2) is 7.89. The molecule has 0 spiro atoms. The molecule has 0 bridgehead atoms. The number of hydrogen-bond acceptors (Lipinski definition) is 4. The van der Waals surface area contributed by atoms with Gasteiger partial charge in [0, 0.05) is 17.9 Å². The Morgan fingerprint density at radius 2 is 1.97 bits per heavy atom. The van der Waals surface area contributed by atoms with E-state index in [1.165, 1.54) is 12.5 Å². The average Bonchev–Trinajstić information content (AvgIpc) is 3.01. The molecule has 0 radical (unpaired) electrons. The lowest BCUT2D eigenvalue weighted by molar-refractivity contribution is -0.181. The maximum Gasteiger partial charge on any atom is 0.314 e. The number of fused-ring (bicyclic) bond motifs is 5. The first-order chi connectivity index (χ1) is 14.7. The number of hydrogen-bond donors (Lipinski definition) is 0. The first-order valence-electron chi connectivity index (χ1n) is 12.0. The van der Waals surface area contributed by atoms with Gasteiger partial charge >= 0.3 is 5.97 Å². The van der Waals surface area contributed by atoms with E-state index in [4.69, 9.17) is 4.74 Å². The third-order valence-corrected chi connectivity index (χ3v) is 9.49. The van der Waals surface area contributed by atoms with Gasteiger partial charge in [0.25, 0.3) is 0 Å². The summed E-state index contributed by atoms with van der Waals surface area (Å²) in [6, 6.07) is 0. The van der Waals surface area contributed by atoms with Gasteiger partial charge in [-0.1, -0.05) is 26.0 Å². The molecule has 0 aromatic rings. The van der Waals surface area contributed by atoms with E-state index in [0.717, 1.165) is 51.4 Å². The summed E-state index contributed by atoms with van der Waals surface area (Å²) in [5.41, 5.74) is 3.67. The number of ether oxygens (including phenoxy) is 1. The third-order valence-electron chi connectivity index (χ3n) is 9.49. The highest BCUT2D eigenvalue weighted by molar-refractivity contribution is 5.94. The molecule has 0 aromatic heterocycles. The van der Waals surface area contributed by atoms with Crippen LogP contribution in [0.2, 0.25) is 0 Å². The fourth-order valence-corrected chi connectivity index (χ4v) is 8.21. The minimum absolute atomic E-state index is 0.139. The molecule has 3 saturated carbocycles. The Bertz CT molecular complexity index is 878. The van der Waals surface area contributed by atoms with Crippen LogP contribution in [0.15, 0.2) is 30.0 Å². The van der Waals surface area contributed by atoms with Gasteiger partial charge < -0.3 is 4.74 Å². The average molecular weight is 425 g/mol. The number of carbonyl (C=O) groups is 3. The van der Waals surface area contributed by atoms with Gasteiger partial charge in [-0.3, -0.25) is 14.4 Å². The van der Waals surface area contributed by atoms with Crippen LogP contribution in [-0.4, -0.2) is 23.1 Å². The molecule has 0 amide bonds. The minimum atomic E-state index is -0.722. The lowest BCUT2D eigenvalue weighted by Gasteiger charge is -2.61. The monoisotopic (exact) mass is 424 g/mol. The van der Waals surface area contributed by atoms with Gasteiger partial charge in [0.15, 0.2) is 5.78 Å². The molecule has 4 heteroatoms. The molecule has 0 N–H and O–H groups in total. The summed E-state index contributed by atoms with van der Waals surface area (Å²) in [6.07, 6.45) is 12.2. The SMILES string of the molecule is C=C=C[C@]1(OC(=O)CC(C)=O)CC[C@H]2[C@@H]3CCC4=CC(=O)CC[C@@H]4[C@@]3(C)CCC21CC. The molecule has 1 unspecified atom stereocenters. The van der Waals surface area contributed by atoms with Crippen LogP contribution < -0.4 is 0 Å². The molecule has 3 fully saturated rings. The quantitative estimate of drug-likeness (QED) is 0.332. The summed E-state index contributed by atoms with van der Waals surface area (Å²) < 4.78 is 6.17. The zero-order valence-electron chi connectivity index (χ0n) is 19.3. The predicted octanol–water partition coefficient (Wildman–Crippen LogP) is 5.51. The molecule has 0 aliphatic heterocycles. The first kappa shape index (κ1) is 22.3. The molecule has 31 heavy (non-hydrogen) atoms. The Morgan fingerprint density at radius 3 is 2.65 bits per heavy atom. The highest BCUT2D eigenvalue weighted by Crippen LogP contribution is 2.71. The van der Waals surface area contributed by atoms with Crippen LogP contribution in [-0.2, 0) is 19.1 Å². The maximum atomic E-state index is 12.6. The van der Waals surface area contributed by atoms with Crippen molar-refractivity contribution in [3.05, 3.63) is 30.0 Å². The molecule has 6 atom stereocenters. The largest absolute Gasteiger partial charge is 0.453 e. The van der Waals surface area contributed by atoms with Crippen LogP contribution in [0.5, 0.6) is 0 Å². The molecular formula is C27H36O4. The smallest absolute Gasteiger partial charge is 0.314 e. The van der Waals surface area contributed by atoms with Crippen molar-refractivity contribution in [1.29, 1.82) is 0 Å². The van der Waals surface area contributed by atoms with Crippen molar-refractivity contribution >= 4 is 17.5 Å². The molecule has 0 heterocycles. The van der Waals surface area contributed by atoms with Gasteiger partial charge in [-0.15, -0.1) is 5.73 Å². The van der Waals surface area contributed by atoms with Crippen molar-refractivity contribution in [1.82, 2.24) is 0 Å². The van der Waals surface area contributed by atoms with Crippen molar-refractivity contribution in [2.75, 3.05) is 0 Å². The number of carbonyl (C=O) groups excluding carboxylic acids is 3. The molecule has 4 nitrogen and oxygen atoms in total. The number of ketones is 2. The summed E-state index contributed by atoms with van der Waals surface area (Å²) in [4.78, 5) is 36.2. The topological polar surface area (TPSA) is 60.4 Å². The first-order valence-corrected chi connectivity index (χ1v) is 12.0. The summed E-state index contributed by atoms with van der Waals surface area (Å²) in [7, 11) is 0.